The van der Waals surface area contributed by atoms with Crippen molar-refractivity contribution in [2.45, 2.75) is 38.6 Å². The standard InChI is InChI=1S/C14H17F2NO3/c1-8(10-5-4-9(15)7-11(10)16)6-12(18)17-14(2,3)13(19)20/h4-5,7-8H,6H2,1-3H3,(H,17,18)(H,19,20). The number of carboxylic acids is 1. The van der Waals surface area contributed by atoms with Gasteiger partial charge in [0.05, 0.1) is 0 Å². The molecule has 0 aliphatic rings. The Hall–Kier alpha value is -1.98. The van der Waals surface area contributed by atoms with Crippen LogP contribution in [0.3, 0.4) is 0 Å². The largest absolute Gasteiger partial charge is 0.480 e. The van der Waals surface area contributed by atoms with E-state index in [9.17, 15) is 18.4 Å². The Morgan fingerprint density at radius 3 is 2.45 bits per heavy atom. The Bertz CT molecular complexity index is 529. The van der Waals surface area contributed by atoms with E-state index in [0.29, 0.717) is 0 Å². The van der Waals surface area contributed by atoms with Crippen LogP contribution in [0.5, 0.6) is 0 Å². The number of halogens is 2. The summed E-state index contributed by atoms with van der Waals surface area (Å²) in [6.45, 7) is 4.33. The van der Waals surface area contributed by atoms with Gasteiger partial charge in [-0.25, -0.2) is 13.6 Å². The van der Waals surface area contributed by atoms with E-state index >= 15 is 0 Å². The quantitative estimate of drug-likeness (QED) is 0.873. The molecule has 0 saturated carbocycles. The van der Waals surface area contributed by atoms with E-state index in [0.717, 1.165) is 12.1 Å². The second-order valence-electron chi connectivity index (χ2n) is 5.25. The number of hydrogen-bond donors (Lipinski definition) is 2. The van der Waals surface area contributed by atoms with Gasteiger partial charge in [0.25, 0.3) is 0 Å². The molecule has 0 aromatic heterocycles. The van der Waals surface area contributed by atoms with Crippen LogP contribution in [0.15, 0.2) is 18.2 Å². The Morgan fingerprint density at radius 1 is 1.35 bits per heavy atom. The highest BCUT2D eigenvalue weighted by molar-refractivity contribution is 5.86. The SMILES string of the molecule is CC(CC(=O)NC(C)(C)C(=O)O)c1ccc(F)cc1F. The Labute approximate surface area is 115 Å². The third kappa shape index (κ3) is 4.01. The molecule has 1 unspecified atom stereocenters. The molecule has 0 aliphatic carbocycles. The smallest absolute Gasteiger partial charge is 0.328 e. The normalized spacial score (nSPS) is 12.8. The maximum Gasteiger partial charge on any atom is 0.328 e. The van der Waals surface area contributed by atoms with Crippen LogP contribution in [0.25, 0.3) is 0 Å². The third-order valence-electron chi connectivity index (χ3n) is 2.97. The number of rotatable bonds is 5. The minimum absolute atomic E-state index is 0.0841. The molecule has 2 N–H and O–H groups in total. The second kappa shape index (κ2) is 5.98. The first-order chi connectivity index (χ1) is 9.13. The monoisotopic (exact) mass is 285 g/mol. The highest BCUT2D eigenvalue weighted by Crippen LogP contribution is 2.23. The summed E-state index contributed by atoms with van der Waals surface area (Å²) in [5.41, 5.74) is -1.17. The number of carbonyl (C=O) groups is 2. The van der Waals surface area contributed by atoms with Crippen LogP contribution in [0.4, 0.5) is 8.78 Å². The summed E-state index contributed by atoms with van der Waals surface area (Å²) < 4.78 is 26.4. The lowest BCUT2D eigenvalue weighted by Crippen LogP contribution is -2.49. The summed E-state index contributed by atoms with van der Waals surface area (Å²) in [6.07, 6.45) is -0.0841. The van der Waals surface area contributed by atoms with Crippen molar-refractivity contribution >= 4 is 11.9 Å². The summed E-state index contributed by atoms with van der Waals surface area (Å²) in [5.74, 6) is -3.56. The highest BCUT2D eigenvalue weighted by atomic mass is 19.1. The molecular formula is C14H17F2NO3. The lowest BCUT2D eigenvalue weighted by atomic mass is 9.96. The Morgan fingerprint density at radius 2 is 1.95 bits per heavy atom. The lowest BCUT2D eigenvalue weighted by Gasteiger charge is -2.22. The van der Waals surface area contributed by atoms with Gasteiger partial charge in [-0.2, -0.15) is 0 Å². The summed E-state index contributed by atoms with van der Waals surface area (Å²) in [4.78, 5) is 22.6. The summed E-state index contributed by atoms with van der Waals surface area (Å²) in [6, 6.07) is 3.16. The van der Waals surface area contributed by atoms with Crippen molar-refractivity contribution < 1.29 is 23.5 Å². The molecule has 0 fully saturated rings. The third-order valence-corrected chi connectivity index (χ3v) is 2.97. The number of hydrogen-bond acceptors (Lipinski definition) is 2. The van der Waals surface area contributed by atoms with Gasteiger partial charge in [-0.1, -0.05) is 13.0 Å². The van der Waals surface area contributed by atoms with Crippen molar-refractivity contribution in [3.05, 3.63) is 35.4 Å². The summed E-state index contributed by atoms with van der Waals surface area (Å²) >= 11 is 0. The minimum atomic E-state index is -1.39. The van der Waals surface area contributed by atoms with E-state index in [1.54, 1.807) is 6.92 Å². The first-order valence-electron chi connectivity index (χ1n) is 6.13. The molecule has 110 valence electrons. The van der Waals surface area contributed by atoms with Gasteiger partial charge in [-0.05, 0) is 31.4 Å². The molecule has 6 heteroatoms. The summed E-state index contributed by atoms with van der Waals surface area (Å²) in [5, 5.41) is 11.3. The molecule has 1 aromatic carbocycles. The Kier molecular flexibility index (Phi) is 4.81. The molecule has 0 bridgehead atoms. The molecular weight excluding hydrogens is 268 g/mol. The van der Waals surface area contributed by atoms with Crippen LogP contribution >= 0.6 is 0 Å². The number of carbonyl (C=O) groups excluding carboxylic acids is 1. The van der Waals surface area contributed by atoms with Crippen LogP contribution in [0, 0.1) is 11.6 Å². The van der Waals surface area contributed by atoms with E-state index in [1.165, 1.54) is 19.9 Å². The molecule has 0 aliphatic heterocycles. The molecule has 1 aromatic rings. The second-order valence-corrected chi connectivity index (χ2v) is 5.25. The molecule has 1 atom stereocenters. The van der Waals surface area contributed by atoms with Gasteiger partial charge in [0.1, 0.15) is 17.2 Å². The van der Waals surface area contributed by atoms with Crippen molar-refractivity contribution in [3.63, 3.8) is 0 Å². The van der Waals surface area contributed by atoms with Crippen LogP contribution < -0.4 is 5.32 Å². The molecule has 4 nitrogen and oxygen atoms in total. The Balaban J connectivity index is 2.73. The predicted octanol–water partition coefficient (Wildman–Crippen LogP) is 2.44. The van der Waals surface area contributed by atoms with Gasteiger partial charge < -0.3 is 10.4 Å². The van der Waals surface area contributed by atoms with Crippen molar-refractivity contribution in [2.24, 2.45) is 0 Å². The van der Waals surface area contributed by atoms with Crippen molar-refractivity contribution in [2.75, 3.05) is 0 Å². The summed E-state index contributed by atoms with van der Waals surface area (Å²) in [7, 11) is 0. The number of aliphatic carboxylic acids is 1. The number of carboxylic acid groups (broad SMARTS) is 1. The molecule has 20 heavy (non-hydrogen) atoms. The van der Waals surface area contributed by atoms with Crippen molar-refractivity contribution in [1.82, 2.24) is 5.32 Å². The zero-order chi connectivity index (χ0) is 15.5. The first-order valence-corrected chi connectivity index (χ1v) is 6.13. The fraction of sp³-hybridized carbons (Fsp3) is 0.429. The molecule has 1 amide bonds. The van der Waals surface area contributed by atoms with Gasteiger partial charge in [-0.3, -0.25) is 4.79 Å². The molecule has 0 radical (unpaired) electrons. The van der Waals surface area contributed by atoms with E-state index < -0.39 is 35.0 Å². The predicted molar refractivity (Wildman–Crippen MR) is 69.2 cm³/mol. The number of nitrogens with one attached hydrogen (secondary N) is 1. The highest BCUT2D eigenvalue weighted by Gasteiger charge is 2.29. The maximum atomic E-state index is 13.6. The molecule has 0 heterocycles. The van der Waals surface area contributed by atoms with Gasteiger partial charge in [-0.15, -0.1) is 0 Å². The minimum Gasteiger partial charge on any atom is -0.480 e. The first kappa shape index (κ1) is 16.1. The van der Waals surface area contributed by atoms with E-state index in [1.807, 2.05) is 0 Å². The lowest BCUT2D eigenvalue weighted by molar-refractivity contribution is -0.146. The van der Waals surface area contributed by atoms with Crippen molar-refractivity contribution in [1.29, 1.82) is 0 Å². The van der Waals surface area contributed by atoms with Gasteiger partial charge in [0.2, 0.25) is 5.91 Å². The van der Waals surface area contributed by atoms with Crippen LogP contribution in [-0.4, -0.2) is 22.5 Å². The van der Waals surface area contributed by atoms with E-state index in [2.05, 4.69) is 5.32 Å². The van der Waals surface area contributed by atoms with Crippen LogP contribution in [0.1, 0.15) is 38.7 Å². The average molecular weight is 285 g/mol. The fourth-order valence-electron chi connectivity index (χ4n) is 1.74. The van der Waals surface area contributed by atoms with Gasteiger partial charge in [0, 0.05) is 12.5 Å². The number of benzene rings is 1. The molecule has 1 rings (SSSR count). The van der Waals surface area contributed by atoms with E-state index in [-0.39, 0.29) is 12.0 Å². The number of amides is 1. The van der Waals surface area contributed by atoms with Crippen LogP contribution in [-0.2, 0) is 9.59 Å². The van der Waals surface area contributed by atoms with E-state index in [4.69, 9.17) is 5.11 Å². The zero-order valence-electron chi connectivity index (χ0n) is 11.5. The zero-order valence-corrected chi connectivity index (χ0v) is 11.5. The fourth-order valence-corrected chi connectivity index (χ4v) is 1.74. The maximum absolute atomic E-state index is 13.6. The van der Waals surface area contributed by atoms with Crippen molar-refractivity contribution in [3.8, 4) is 0 Å². The topological polar surface area (TPSA) is 66.4 Å². The van der Waals surface area contributed by atoms with Gasteiger partial charge >= 0.3 is 5.97 Å². The van der Waals surface area contributed by atoms with Gasteiger partial charge in [0.15, 0.2) is 0 Å². The van der Waals surface area contributed by atoms with Crippen LogP contribution in [0.2, 0.25) is 0 Å². The molecule has 0 saturated heterocycles. The average Bonchev–Trinajstić information content (AvgIpc) is 2.26. The molecule has 0 spiro atoms.